The minimum absolute atomic E-state index is 0. The summed E-state index contributed by atoms with van der Waals surface area (Å²) in [5.74, 6) is -4.53. The first-order valence-corrected chi connectivity index (χ1v) is 2.48. The van der Waals surface area contributed by atoms with Crippen molar-refractivity contribution in [3.8, 4) is 0 Å². The first kappa shape index (κ1) is 12.9. The second-order valence-electron chi connectivity index (χ2n) is 1.58. The fraction of sp³-hybridized carbons (Fsp3) is 0.400. The molecule has 0 amide bonds. The molecule has 0 aromatic heterocycles. The standard InChI is InChI=1S/C5H6O5.Zn/c6-3(5(9)10)1-2-4(7)8;/h1-2H2,(H,7,8)(H,9,10);/q;+2/p-2. The molecule has 0 aromatic carbocycles. The third-order valence-corrected chi connectivity index (χ3v) is 0.784. The summed E-state index contributed by atoms with van der Waals surface area (Å²) in [5, 5.41) is 19.3. The van der Waals surface area contributed by atoms with Crippen molar-refractivity contribution in [2.45, 2.75) is 12.8 Å². The van der Waals surface area contributed by atoms with Crippen LogP contribution >= 0.6 is 0 Å². The van der Waals surface area contributed by atoms with Gasteiger partial charge in [0.25, 0.3) is 0 Å². The van der Waals surface area contributed by atoms with E-state index < -0.39 is 30.6 Å². The molecule has 0 aliphatic carbocycles. The Balaban J connectivity index is 0. The number of ketones is 1. The van der Waals surface area contributed by atoms with Crippen LogP contribution in [0.3, 0.4) is 0 Å². The van der Waals surface area contributed by atoms with Gasteiger partial charge < -0.3 is 19.8 Å². The summed E-state index contributed by atoms with van der Waals surface area (Å²) >= 11 is 0. The Kier molecular flexibility index (Phi) is 6.99. The minimum Gasteiger partial charge on any atom is -0.550 e. The normalized spacial score (nSPS) is 8.00. The van der Waals surface area contributed by atoms with Gasteiger partial charge in [-0.3, -0.25) is 4.79 Å². The van der Waals surface area contributed by atoms with Crippen molar-refractivity contribution in [2.75, 3.05) is 0 Å². The van der Waals surface area contributed by atoms with Gasteiger partial charge in [0.15, 0.2) is 5.78 Å². The number of carbonyl (C=O) groups is 3. The van der Waals surface area contributed by atoms with E-state index in [1.807, 2.05) is 0 Å². The largest absolute Gasteiger partial charge is 2.00 e. The molecule has 5 nitrogen and oxygen atoms in total. The number of aliphatic carboxylic acids is 2. The van der Waals surface area contributed by atoms with Gasteiger partial charge in [0.2, 0.25) is 0 Å². The summed E-state index contributed by atoms with van der Waals surface area (Å²) in [7, 11) is 0. The van der Waals surface area contributed by atoms with Crippen LogP contribution in [-0.2, 0) is 33.9 Å². The Morgan fingerprint density at radius 3 is 1.73 bits per heavy atom. The van der Waals surface area contributed by atoms with Gasteiger partial charge >= 0.3 is 19.5 Å². The summed E-state index contributed by atoms with van der Waals surface area (Å²) in [4.78, 5) is 29.4. The predicted molar refractivity (Wildman–Crippen MR) is 24.3 cm³/mol. The third-order valence-electron chi connectivity index (χ3n) is 0.784. The van der Waals surface area contributed by atoms with E-state index in [1.54, 1.807) is 0 Å². The van der Waals surface area contributed by atoms with Gasteiger partial charge in [0.05, 0.1) is 0 Å². The molecule has 0 aliphatic rings. The van der Waals surface area contributed by atoms with Crippen LogP contribution in [0.2, 0.25) is 0 Å². The predicted octanol–water partition coefficient (Wildman–Crippen LogP) is -3.17. The monoisotopic (exact) mass is 208 g/mol. The topological polar surface area (TPSA) is 97.3 Å². The molecule has 0 heterocycles. The fourth-order valence-electron chi connectivity index (χ4n) is 0.318. The number of rotatable bonds is 4. The van der Waals surface area contributed by atoms with Gasteiger partial charge in [-0.25, -0.2) is 0 Å². The molecule has 0 spiro atoms. The molecule has 6 heteroatoms. The molecular formula is C5H4O5Zn. The van der Waals surface area contributed by atoms with E-state index in [9.17, 15) is 24.6 Å². The van der Waals surface area contributed by atoms with Gasteiger partial charge in [-0.05, 0) is 6.42 Å². The number of carboxylic acid groups (broad SMARTS) is 2. The van der Waals surface area contributed by atoms with E-state index in [4.69, 9.17) is 0 Å². The van der Waals surface area contributed by atoms with Crippen LogP contribution in [0.15, 0.2) is 0 Å². The Labute approximate surface area is 75.2 Å². The summed E-state index contributed by atoms with van der Waals surface area (Å²) in [6, 6.07) is 0. The molecule has 0 radical (unpaired) electrons. The van der Waals surface area contributed by atoms with E-state index in [0.29, 0.717) is 0 Å². The van der Waals surface area contributed by atoms with Crippen LogP contribution in [0.5, 0.6) is 0 Å². The first-order chi connectivity index (χ1) is 4.54. The molecule has 0 saturated carbocycles. The molecule has 11 heavy (non-hydrogen) atoms. The second-order valence-corrected chi connectivity index (χ2v) is 1.58. The second kappa shape index (κ2) is 5.98. The number of Topliss-reactive ketones (excluding diaryl/α,β-unsaturated/α-hetero) is 1. The number of hydrogen-bond acceptors (Lipinski definition) is 5. The summed E-state index contributed by atoms with van der Waals surface area (Å²) in [5.41, 5.74) is 0. The maximum atomic E-state index is 10.1. The maximum absolute atomic E-state index is 10.1. The zero-order valence-electron chi connectivity index (χ0n) is 5.66. The van der Waals surface area contributed by atoms with Gasteiger partial charge in [-0.2, -0.15) is 0 Å². The quantitative estimate of drug-likeness (QED) is 0.359. The smallest absolute Gasteiger partial charge is 0.550 e. The van der Waals surface area contributed by atoms with Crippen LogP contribution in [-0.4, -0.2) is 17.7 Å². The third kappa shape index (κ3) is 7.13. The van der Waals surface area contributed by atoms with Crippen molar-refractivity contribution in [3.05, 3.63) is 0 Å². The van der Waals surface area contributed by atoms with Crippen molar-refractivity contribution in [2.24, 2.45) is 0 Å². The maximum Gasteiger partial charge on any atom is 2.00 e. The van der Waals surface area contributed by atoms with Crippen LogP contribution in [0, 0.1) is 0 Å². The molecule has 0 aromatic rings. The van der Waals surface area contributed by atoms with E-state index >= 15 is 0 Å². The zero-order chi connectivity index (χ0) is 8.15. The molecule has 0 rings (SSSR count). The first-order valence-electron chi connectivity index (χ1n) is 2.48. The van der Waals surface area contributed by atoms with Crippen molar-refractivity contribution < 1.29 is 44.1 Å². The van der Waals surface area contributed by atoms with Crippen LogP contribution in [0.4, 0.5) is 0 Å². The van der Waals surface area contributed by atoms with E-state index in [0.717, 1.165) is 0 Å². The Morgan fingerprint density at radius 1 is 1.00 bits per heavy atom. The van der Waals surface area contributed by atoms with Gasteiger partial charge in [0.1, 0.15) is 5.97 Å². The Hall–Kier alpha value is -0.767. The molecule has 0 atom stereocenters. The SMILES string of the molecule is O=C([O-])CCC(=O)C(=O)[O-].[Zn+2]. The van der Waals surface area contributed by atoms with Crippen LogP contribution in [0.1, 0.15) is 12.8 Å². The number of carboxylic acids is 2. The molecule has 56 valence electrons. The summed E-state index contributed by atoms with van der Waals surface area (Å²) in [6.45, 7) is 0. The Morgan fingerprint density at radius 2 is 1.45 bits per heavy atom. The minimum atomic E-state index is -1.86. The molecule has 0 fully saturated rings. The Bertz CT molecular complexity index is 176. The molecule has 0 N–H and O–H groups in total. The van der Waals surface area contributed by atoms with Gasteiger partial charge in [0, 0.05) is 12.4 Å². The molecule has 0 saturated heterocycles. The molecule has 0 unspecified atom stereocenters. The van der Waals surface area contributed by atoms with E-state index in [1.165, 1.54) is 0 Å². The van der Waals surface area contributed by atoms with Crippen molar-refractivity contribution in [1.29, 1.82) is 0 Å². The van der Waals surface area contributed by atoms with E-state index in [2.05, 4.69) is 0 Å². The number of hydrogen-bond donors (Lipinski definition) is 0. The molecule has 0 bridgehead atoms. The summed E-state index contributed by atoms with van der Waals surface area (Å²) in [6.07, 6.45) is -1.14. The molecule has 0 aliphatic heterocycles. The van der Waals surface area contributed by atoms with Crippen LogP contribution in [0.25, 0.3) is 0 Å². The van der Waals surface area contributed by atoms with Gasteiger partial charge in [-0.1, -0.05) is 0 Å². The van der Waals surface area contributed by atoms with Crippen molar-refractivity contribution >= 4 is 17.7 Å². The fourth-order valence-corrected chi connectivity index (χ4v) is 0.318. The van der Waals surface area contributed by atoms with Crippen LogP contribution < -0.4 is 10.2 Å². The average Bonchev–Trinajstić information content (AvgIpc) is 1.82. The van der Waals surface area contributed by atoms with Crippen molar-refractivity contribution in [1.82, 2.24) is 0 Å². The average molecular weight is 209 g/mol. The molecular weight excluding hydrogens is 205 g/mol. The van der Waals surface area contributed by atoms with Gasteiger partial charge in [-0.15, -0.1) is 0 Å². The van der Waals surface area contributed by atoms with E-state index in [-0.39, 0.29) is 19.5 Å². The van der Waals surface area contributed by atoms with Crippen molar-refractivity contribution in [3.63, 3.8) is 0 Å². The number of carbonyl (C=O) groups excluding carboxylic acids is 3. The summed E-state index contributed by atoms with van der Waals surface area (Å²) < 4.78 is 0. The zero-order valence-corrected chi connectivity index (χ0v) is 8.63.